The molecular weight excluding hydrogens is 396 g/mol. The van der Waals surface area contributed by atoms with Crippen molar-refractivity contribution in [1.29, 1.82) is 0 Å². The summed E-state index contributed by atoms with van der Waals surface area (Å²) < 4.78 is 10.9. The Labute approximate surface area is 183 Å². The molecule has 2 amide bonds. The maximum Gasteiger partial charge on any atom is 0.257 e. The third kappa shape index (κ3) is 5.69. The van der Waals surface area contributed by atoms with Gasteiger partial charge in [0.1, 0.15) is 5.75 Å². The van der Waals surface area contributed by atoms with E-state index in [0.717, 1.165) is 5.56 Å². The summed E-state index contributed by atoms with van der Waals surface area (Å²) in [5, 5.41) is 9.96. The molecule has 1 aliphatic rings. The van der Waals surface area contributed by atoms with Gasteiger partial charge in [-0.05, 0) is 49.6 Å². The van der Waals surface area contributed by atoms with Crippen molar-refractivity contribution in [2.75, 3.05) is 39.9 Å². The fourth-order valence-electron chi connectivity index (χ4n) is 3.75. The van der Waals surface area contributed by atoms with Crippen LogP contribution in [-0.4, -0.2) is 66.6 Å². The number of ether oxygens (including phenoxy) is 2. The highest BCUT2D eigenvalue weighted by Gasteiger charge is 2.24. The van der Waals surface area contributed by atoms with Gasteiger partial charge in [-0.25, -0.2) is 0 Å². The molecule has 0 spiro atoms. The molecule has 7 heteroatoms. The van der Waals surface area contributed by atoms with Crippen LogP contribution in [0, 0.1) is 0 Å². The highest BCUT2D eigenvalue weighted by Crippen LogP contribution is 2.28. The fraction of sp³-hybridized carbons (Fsp3) is 0.417. The summed E-state index contributed by atoms with van der Waals surface area (Å²) in [5.74, 6) is 1.22. The Hall–Kier alpha value is -3.22. The van der Waals surface area contributed by atoms with Crippen LogP contribution in [0.5, 0.6) is 17.2 Å². The predicted molar refractivity (Wildman–Crippen MR) is 118 cm³/mol. The van der Waals surface area contributed by atoms with E-state index in [-0.39, 0.29) is 17.6 Å². The monoisotopic (exact) mass is 426 g/mol. The number of methoxy groups -OCH3 is 1. The predicted octanol–water partition coefficient (Wildman–Crippen LogP) is 3.11. The number of amides is 2. The van der Waals surface area contributed by atoms with E-state index in [9.17, 15) is 14.7 Å². The molecule has 1 aliphatic heterocycles. The average Bonchev–Trinajstić information content (AvgIpc) is 3.04. The summed E-state index contributed by atoms with van der Waals surface area (Å²) in [6.45, 7) is 4.61. The molecule has 2 aromatic rings. The Morgan fingerprint density at radius 2 is 1.74 bits per heavy atom. The largest absolute Gasteiger partial charge is 0.507 e. The van der Waals surface area contributed by atoms with Gasteiger partial charge in [-0.1, -0.05) is 18.2 Å². The van der Waals surface area contributed by atoms with E-state index in [2.05, 4.69) is 0 Å². The van der Waals surface area contributed by atoms with Crippen molar-refractivity contribution >= 4 is 11.8 Å². The van der Waals surface area contributed by atoms with Crippen molar-refractivity contribution in [3.05, 3.63) is 53.6 Å². The average molecular weight is 427 g/mol. The van der Waals surface area contributed by atoms with Gasteiger partial charge in [0, 0.05) is 32.6 Å². The van der Waals surface area contributed by atoms with E-state index in [1.54, 1.807) is 30.2 Å². The number of para-hydroxylation sites is 1. The Bertz CT molecular complexity index is 915. The number of rotatable bonds is 7. The SMILES string of the molecule is CCOc1ccc(CCC(=O)N2CCCN(C(=O)c3ccccc3O)CC2)cc1OC. The standard InChI is InChI=1S/C24H30N2O5/c1-3-31-21-11-9-18(17-22(21)30-2)10-12-23(28)25-13-6-14-26(16-15-25)24(29)19-7-4-5-8-20(19)27/h4-5,7-9,11,17,27H,3,6,10,12-16H2,1-2H3. The normalized spacial score (nSPS) is 14.1. The Morgan fingerprint density at radius 3 is 2.48 bits per heavy atom. The molecule has 0 saturated carbocycles. The van der Waals surface area contributed by atoms with Crippen molar-refractivity contribution in [2.45, 2.75) is 26.2 Å². The Morgan fingerprint density at radius 1 is 1.00 bits per heavy atom. The molecule has 0 radical (unpaired) electrons. The summed E-state index contributed by atoms with van der Waals surface area (Å²) in [4.78, 5) is 29.0. The van der Waals surface area contributed by atoms with Gasteiger partial charge in [0.15, 0.2) is 11.5 Å². The van der Waals surface area contributed by atoms with Crippen molar-refractivity contribution < 1.29 is 24.2 Å². The van der Waals surface area contributed by atoms with Crippen LogP contribution in [0.2, 0.25) is 0 Å². The van der Waals surface area contributed by atoms with Gasteiger partial charge in [0.2, 0.25) is 5.91 Å². The summed E-state index contributed by atoms with van der Waals surface area (Å²) >= 11 is 0. The number of carbonyl (C=O) groups is 2. The highest BCUT2D eigenvalue weighted by molar-refractivity contribution is 5.96. The zero-order valence-electron chi connectivity index (χ0n) is 18.2. The van der Waals surface area contributed by atoms with Gasteiger partial charge in [-0.3, -0.25) is 9.59 Å². The minimum atomic E-state index is -0.200. The number of hydrogen-bond donors (Lipinski definition) is 1. The Kier molecular flexibility index (Phi) is 7.76. The second-order valence-electron chi connectivity index (χ2n) is 7.46. The molecule has 1 saturated heterocycles. The molecule has 0 bridgehead atoms. The summed E-state index contributed by atoms with van der Waals surface area (Å²) in [6.07, 6.45) is 1.71. The molecule has 1 N–H and O–H groups in total. The van der Waals surface area contributed by atoms with Gasteiger partial charge >= 0.3 is 0 Å². The minimum absolute atomic E-state index is 0.0181. The van der Waals surface area contributed by atoms with Crippen LogP contribution < -0.4 is 9.47 Å². The molecule has 2 aromatic carbocycles. The highest BCUT2D eigenvalue weighted by atomic mass is 16.5. The lowest BCUT2D eigenvalue weighted by molar-refractivity contribution is -0.131. The van der Waals surface area contributed by atoms with Gasteiger partial charge in [-0.2, -0.15) is 0 Å². The van der Waals surface area contributed by atoms with Gasteiger partial charge in [0.25, 0.3) is 5.91 Å². The first-order chi connectivity index (χ1) is 15.0. The first-order valence-electron chi connectivity index (χ1n) is 10.7. The third-order valence-electron chi connectivity index (χ3n) is 5.43. The molecule has 7 nitrogen and oxygen atoms in total. The molecule has 3 rings (SSSR count). The molecule has 0 aromatic heterocycles. The second kappa shape index (κ2) is 10.7. The molecule has 0 atom stereocenters. The van der Waals surface area contributed by atoms with Crippen LogP contribution >= 0.6 is 0 Å². The van der Waals surface area contributed by atoms with Crippen LogP contribution in [-0.2, 0) is 11.2 Å². The van der Waals surface area contributed by atoms with Crippen LogP contribution in [0.4, 0.5) is 0 Å². The van der Waals surface area contributed by atoms with Gasteiger partial charge in [-0.15, -0.1) is 0 Å². The van der Waals surface area contributed by atoms with Gasteiger partial charge < -0.3 is 24.4 Å². The molecule has 1 heterocycles. The number of aromatic hydroxyl groups is 1. The first-order valence-corrected chi connectivity index (χ1v) is 10.7. The minimum Gasteiger partial charge on any atom is -0.507 e. The van der Waals surface area contributed by atoms with E-state index >= 15 is 0 Å². The molecule has 31 heavy (non-hydrogen) atoms. The molecule has 0 unspecified atom stereocenters. The third-order valence-corrected chi connectivity index (χ3v) is 5.43. The van der Waals surface area contributed by atoms with E-state index in [4.69, 9.17) is 9.47 Å². The van der Waals surface area contributed by atoms with E-state index in [0.29, 0.717) is 69.1 Å². The van der Waals surface area contributed by atoms with Crippen LogP contribution in [0.25, 0.3) is 0 Å². The van der Waals surface area contributed by atoms with Crippen LogP contribution in [0.15, 0.2) is 42.5 Å². The number of phenols is 1. The number of benzene rings is 2. The lowest BCUT2D eigenvalue weighted by Gasteiger charge is -2.22. The zero-order valence-corrected chi connectivity index (χ0v) is 18.2. The second-order valence-corrected chi connectivity index (χ2v) is 7.46. The maximum atomic E-state index is 12.8. The van der Waals surface area contributed by atoms with E-state index in [1.165, 1.54) is 6.07 Å². The van der Waals surface area contributed by atoms with Crippen molar-refractivity contribution in [3.8, 4) is 17.2 Å². The topological polar surface area (TPSA) is 79.3 Å². The fourth-order valence-corrected chi connectivity index (χ4v) is 3.75. The molecule has 1 fully saturated rings. The van der Waals surface area contributed by atoms with E-state index in [1.807, 2.05) is 30.0 Å². The number of carbonyl (C=O) groups excluding carboxylic acids is 2. The molecular formula is C24H30N2O5. The number of aryl methyl sites for hydroxylation is 1. The quantitative estimate of drug-likeness (QED) is 0.736. The number of phenolic OH excluding ortho intramolecular Hbond substituents is 1. The van der Waals surface area contributed by atoms with Crippen molar-refractivity contribution in [1.82, 2.24) is 9.80 Å². The first kappa shape index (κ1) is 22.5. The Balaban J connectivity index is 1.55. The smallest absolute Gasteiger partial charge is 0.257 e. The van der Waals surface area contributed by atoms with Gasteiger partial charge in [0.05, 0.1) is 19.3 Å². The lowest BCUT2D eigenvalue weighted by atomic mass is 10.1. The van der Waals surface area contributed by atoms with Crippen LogP contribution in [0.3, 0.4) is 0 Å². The zero-order chi connectivity index (χ0) is 22.2. The summed E-state index contributed by atoms with van der Waals surface area (Å²) in [6, 6.07) is 12.3. The van der Waals surface area contributed by atoms with Crippen molar-refractivity contribution in [2.24, 2.45) is 0 Å². The molecule has 166 valence electrons. The molecule has 0 aliphatic carbocycles. The number of nitrogens with zero attached hydrogens (tertiary/aromatic N) is 2. The summed E-state index contributed by atoms with van der Waals surface area (Å²) in [5.41, 5.74) is 1.31. The maximum absolute atomic E-state index is 12.8. The van der Waals surface area contributed by atoms with E-state index < -0.39 is 0 Å². The lowest BCUT2D eigenvalue weighted by Crippen LogP contribution is -2.37. The van der Waals surface area contributed by atoms with Crippen LogP contribution in [0.1, 0.15) is 35.7 Å². The summed E-state index contributed by atoms with van der Waals surface area (Å²) in [7, 11) is 1.60. The van der Waals surface area contributed by atoms with Crippen molar-refractivity contribution in [3.63, 3.8) is 0 Å². The number of hydrogen-bond acceptors (Lipinski definition) is 5.